The number of benzene rings is 1. The summed E-state index contributed by atoms with van der Waals surface area (Å²) in [5.41, 5.74) is 1.38. The Morgan fingerprint density at radius 3 is 2.78 bits per heavy atom. The van der Waals surface area contributed by atoms with Gasteiger partial charge in [0.1, 0.15) is 5.75 Å². The minimum Gasteiger partial charge on any atom is -0.468 e. The SMILES string of the molecule is COCOc1cccc(CCC2CCCCC2)c1. The molecular formula is C16H24O2. The van der Waals surface area contributed by atoms with Gasteiger partial charge in [-0.25, -0.2) is 0 Å². The molecule has 1 saturated carbocycles. The van der Waals surface area contributed by atoms with Crippen LogP contribution in [0.15, 0.2) is 24.3 Å². The van der Waals surface area contributed by atoms with Gasteiger partial charge in [-0.2, -0.15) is 0 Å². The van der Waals surface area contributed by atoms with E-state index in [-0.39, 0.29) is 0 Å². The lowest BCUT2D eigenvalue weighted by atomic mass is 9.85. The van der Waals surface area contributed by atoms with E-state index in [4.69, 9.17) is 9.47 Å². The molecular weight excluding hydrogens is 224 g/mol. The van der Waals surface area contributed by atoms with Gasteiger partial charge in [0.25, 0.3) is 0 Å². The molecule has 2 nitrogen and oxygen atoms in total. The summed E-state index contributed by atoms with van der Waals surface area (Å²) in [4.78, 5) is 0. The number of rotatable bonds is 6. The molecule has 1 aromatic rings. The van der Waals surface area contributed by atoms with Crippen molar-refractivity contribution in [2.45, 2.75) is 44.9 Å². The van der Waals surface area contributed by atoms with Crippen LogP contribution in [0.25, 0.3) is 0 Å². The lowest BCUT2D eigenvalue weighted by Gasteiger charge is -2.21. The van der Waals surface area contributed by atoms with Crippen molar-refractivity contribution in [2.24, 2.45) is 5.92 Å². The number of methoxy groups -OCH3 is 1. The van der Waals surface area contributed by atoms with Crippen LogP contribution >= 0.6 is 0 Å². The highest BCUT2D eigenvalue weighted by Gasteiger charge is 2.13. The van der Waals surface area contributed by atoms with E-state index in [9.17, 15) is 0 Å². The maximum absolute atomic E-state index is 5.47. The first-order valence-electron chi connectivity index (χ1n) is 7.09. The number of ether oxygens (including phenoxy) is 2. The number of aryl methyl sites for hydroxylation is 1. The smallest absolute Gasteiger partial charge is 0.188 e. The molecule has 100 valence electrons. The third-order valence-corrected chi connectivity index (χ3v) is 3.81. The highest BCUT2D eigenvalue weighted by atomic mass is 16.7. The molecule has 1 aliphatic carbocycles. The Kier molecular flexibility index (Phi) is 5.53. The van der Waals surface area contributed by atoms with Gasteiger partial charge in [-0.15, -0.1) is 0 Å². The van der Waals surface area contributed by atoms with Gasteiger partial charge < -0.3 is 9.47 Å². The summed E-state index contributed by atoms with van der Waals surface area (Å²) in [5.74, 6) is 1.86. The minimum atomic E-state index is 0.325. The fourth-order valence-electron chi connectivity index (χ4n) is 2.76. The van der Waals surface area contributed by atoms with E-state index in [1.807, 2.05) is 6.07 Å². The molecule has 18 heavy (non-hydrogen) atoms. The van der Waals surface area contributed by atoms with Crippen molar-refractivity contribution >= 4 is 0 Å². The third-order valence-electron chi connectivity index (χ3n) is 3.81. The van der Waals surface area contributed by atoms with Gasteiger partial charge in [0.2, 0.25) is 0 Å². The fraction of sp³-hybridized carbons (Fsp3) is 0.625. The lowest BCUT2D eigenvalue weighted by molar-refractivity contribution is 0.0511. The molecule has 0 unspecified atom stereocenters. The topological polar surface area (TPSA) is 18.5 Å². The summed E-state index contributed by atoms with van der Waals surface area (Å²) < 4.78 is 10.4. The summed E-state index contributed by atoms with van der Waals surface area (Å²) in [6.07, 6.45) is 9.67. The van der Waals surface area contributed by atoms with Crippen molar-refractivity contribution in [3.63, 3.8) is 0 Å². The Labute approximate surface area is 110 Å². The van der Waals surface area contributed by atoms with Crippen LogP contribution in [-0.4, -0.2) is 13.9 Å². The normalized spacial score (nSPS) is 16.7. The first-order valence-corrected chi connectivity index (χ1v) is 7.09. The largest absolute Gasteiger partial charge is 0.468 e. The Balaban J connectivity index is 1.80. The summed E-state index contributed by atoms with van der Waals surface area (Å²) in [7, 11) is 1.65. The maximum Gasteiger partial charge on any atom is 0.188 e. The van der Waals surface area contributed by atoms with Crippen molar-refractivity contribution in [3.05, 3.63) is 29.8 Å². The van der Waals surface area contributed by atoms with E-state index in [2.05, 4.69) is 18.2 Å². The number of hydrogen-bond acceptors (Lipinski definition) is 2. The molecule has 0 atom stereocenters. The summed E-state index contributed by atoms with van der Waals surface area (Å²) in [5, 5.41) is 0. The monoisotopic (exact) mass is 248 g/mol. The van der Waals surface area contributed by atoms with Crippen molar-refractivity contribution in [2.75, 3.05) is 13.9 Å². The fourth-order valence-corrected chi connectivity index (χ4v) is 2.76. The van der Waals surface area contributed by atoms with E-state index in [1.54, 1.807) is 7.11 Å². The van der Waals surface area contributed by atoms with Crippen molar-refractivity contribution in [3.8, 4) is 5.75 Å². The molecule has 2 heteroatoms. The molecule has 0 radical (unpaired) electrons. The van der Waals surface area contributed by atoms with Gasteiger partial charge >= 0.3 is 0 Å². The van der Waals surface area contributed by atoms with Gasteiger partial charge in [-0.05, 0) is 36.5 Å². The van der Waals surface area contributed by atoms with Crippen LogP contribution < -0.4 is 4.74 Å². The van der Waals surface area contributed by atoms with Crippen LogP contribution in [0, 0.1) is 5.92 Å². The lowest BCUT2D eigenvalue weighted by Crippen LogP contribution is -2.07. The summed E-state index contributed by atoms with van der Waals surface area (Å²) in [6.45, 7) is 0.325. The van der Waals surface area contributed by atoms with Crippen molar-refractivity contribution < 1.29 is 9.47 Å². The van der Waals surface area contributed by atoms with Crippen LogP contribution in [0.3, 0.4) is 0 Å². The third kappa shape index (κ3) is 4.34. The zero-order chi connectivity index (χ0) is 12.6. The average molecular weight is 248 g/mol. The van der Waals surface area contributed by atoms with Crippen LogP contribution in [0.5, 0.6) is 5.75 Å². The summed E-state index contributed by atoms with van der Waals surface area (Å²) >= 11 is 0. The zero-order valence-electron chi connectivity index (χ0n) is 11.4. The van der Waals surface area contributed by atoms with Crippen molar-refractivity contribution in [1.82, 2.24) is 0 Å². The summed E-state index contributed by atoms with van der Waals surface area (Å²) in [6, 6.07) is 8.40. The van der Waals surface area contributed by atoms with Gasteiger partial charge in [-0.3, -0.25) is 0 Å². The first-order chi connectivity index (χ1) is 8.88. The standard InChI is InChI=1S/C16H24O2/c1-17-13-18-16-9-5-8-15(12-16)11-10-14-6-3-2-4-7-14/h5,8-9,12,14H,2-4,6-7,10-11,13H2,1H3. The predicted octanol–water partition coefficient (Wildman–Crippen LogP) is 4.18. The zero-order valence-corrected chi connectivity index (χ0v) is 11.4. The van der Waals surface area contributed by atoms with Gasteiger partial charge in [0.15, 0.2) is 6.79 Å². The van der Waals surface area contributed by atoms with Crippen LogP contribution in [-0.2, 0) is 11.2 Å². The van der Waals surface area contributed by atoms with Crippen LogP contribution in [0.4, 0.5) is 0 Å². The second-order valence-corrected chi connectivity index (χ2v) is 5.24. The predicted molar refractivity (Wildman–Crippen MR) is 73.8 cm³/mol. The molecule has 0 N–H and O–H groups in total. The second-order valence-electron chi connectivity index (χ2n) is 5.24. The Morgan fingerprint density at radius 1 is 1.17 bits per heavy atom. The molecule has 0 spiro atoms. The Morgan fingerprint density at radius 2 is 2.00 bits per heavy atom. The van der Waals surface area contributed by atoms with E-state index in [0.717, 1.165) is 11.7 Å². The van der Waals surface area contributed by atoms with Gasteiger partial charge in [0.05, 0.1) is 0 Å². The quantitative estimate of drug-likeness (QED) is 0.703. The van der Waals surface area contributed by atoms with Crippen molar-refractivity contribution in [1.29, 1.82) is 0 Å². The highest BCUT2D eigenvalue weighted by Crippen LogP contribution is 2.27. The molecule has 1 fully saturated rings. The van der Waals surface area contributed by atoms with E-state index < -0.39 is 0 Å². The van der Waals surface area contributed by atoms with Crippen LogP contribution in [0.1, 0.15) is 44.1 Å². The molecule has 0 aromatic heterocycles. The van der Waals surface area contributed by atoms with Gasteiger partial charge in [-0.1, -0.05) is 44.2 Å². The first kappa shape index (κ1) is 13.4. The second kappa shape index (κ2) is 7.42. The molecule has 2 rings (SSSR count). The minimum absolute atomic E-state index is 0.325. The van der Waals surface area contributed by atoms with E-state index in [1.165, 1.54) is 50.5 Å². The molecule has 1 aromatic carbocycles. The molecule has 0 heterocycles. The molecule has 0 amide bonds. The average Bonchev–Trinajstić information content (AvgIpc) is 2.44. The highest BCUT2D eigenvalue weighted by molar-refractivity contribution is 5.28. The van der Waals surface area contributed by atoms with E-state index >= 15 is 0 Å². The Hall–Kier alpha value is -1.02. The maximum atomic E-state index is 5.47. The Bertz CT molecular complexity index is 343. The van der Waals surface area contributed by atoms with Crippen LogP contribution in [0.2, 0.25) is 0 Å². The van der Waals surface area contributed by atoms with E-state index in [0.29, 0.717) is 6.79 Å². The molecule has 0 saturated heterocycles. The molecule has 0 bridgehead atoms. The van der Waals surface area contributed by atoms with Gasteiger partial charge in [0, 0.05) is 7.11 Å². The molecule has 1 aliphatic rings. The number of hydrogen-bond donors (Lipinski definition) is 0. The molecule has 0 aliphatic heterocycles.